The standard InChI is InChI=1S/C13H14N4O3/c1-3-10-15-11(17-16-10)12(18)14-9-7-5-4-6-8(9)13(19)20-2/h4-7H,3H2,1-2H3,(H,14,18)(H,15,16,17). The van der Waals surface area contributed by atoms with Gasteiger partial charge in [0.25, 0.3) is 5.91 Å². The molecule has 0 aliphatic rings. The number of methoxy groups -OCH3 is 1. The van der Waals surface area contributed by atoms with Crippen molar-refractivity contribution in [2.45, 2.75) is 13.3 Å². The molecule has 0 aliphatic carbocycles. The Kier molecular flexibility index (Phi) is 4.09. The van der Waals surface area contributed by atoms with Crippen LogP contribution in [0.3, 0.4) is 0 Å². The third kappa shape index (κ3) is 2.82. The monoisotopic (exact) mass is 274 g/mol. The number of H-pyrrole nitrogens is 1. The van der Waals surface area contributed by atoms with Gasteiger partial charge < -0.3 is 10.1 Å². The lowest BCUT2D eigenvalue weighted by atomic mass is 10.2. The van der Waals surface area contributed by atoms with Gasteiger partial charge in [-0.1, -0.05) is 19.1 Å². The normalized spacial score (nSPS) is 10.1. The summed E-state index contributed by atoms with van der Waals surface area (Å²) in [6.45, 7) is 1.90. The van der Waals surface area contributed by atoms with Crippen molar-refractivity contribution in [1.82, 2.24) is 15.2 Å². The van der Waals surface area contributed by atoms with Crippen molar-refractivity contribution < 1.29 is 14.3 Å². The lowest BCUT2D eigenvalue weighted by Crippen LogP contribution is -2.16. The summed E-state index contributed by atoms with van der Waals surface area (Å²) in [5.41, 5.74) is 0.627. The zero-order chi connectivity index (χ0) is 14.5. The number of esters is 1. The van der Waals surface area contributed by atoms with Crippen LogP contribution in [-0.2, 0) is 11.2 Å². The molecule has 0 radical (unpaired) electrons. The molecule has 7 nitrogen and oxygen atoms in total. The highest BCUT2D eigenvalue weighted by molar-refractivity contribution is 6.06. The van der Waals surface area contributed by atoms with Crippen LogP contribution in [0.5, 0.6) is 0 Å². The molecule has 7 heteroatoms. The Morgan fingerprint density at radius 2 is 2.10 bits per heavy atom. The van der Waals surface area contributed by atoms with Gasteiger partial charge in [-0.2, -0.15) is 0 Å². The Hall–Kier alpha value is -2.70. The quantitative estimate of drug-likeness (QED) is 0.821. The third-order valence-electron chi connectivity index (χ3n) is 2.65. The van der Waals surface area contributed by atoms with E-state index in [0.29, 0.717) is 17.9 Å². The minimum absolute atomic E-state index is 0.0292. The number of para-hydroxylation sites is 1. The fourth-order valence-corrected chi connectivity index (χ4v) is 1.61. The van der Waals surface area contributed by atoms with Crippen LogP contribution in [-0.4, -0.2) is 34.2 Å². The van der Waals surface area contributed by atoms with Crippen LogP contribution < -0.4 is 5.32 Å². The van der Waals surface area contributed by atoms with Crippen molar-refractivity contribution in [3.8, 4) is 0 Å². The molecule has 0 spiro atoms. The summed E-state index contributed by atoms with van der Waals surface area (Å²) in [5.74, 6) is -0.361. The fraction of sp³-hybridized carbons (Fsp3) is 0.231. The zero-order valence-corrected chi connectivity index (χ0v) is 11.1. The number of nitrogens with one attached hydrogen (secondary N) is 2. The first kappa shape index (κ1) is 13.7. The molecule has 1 aromatic heterocycles. The van der Waals surface area contributed by atoms with Gasteiger partial charge in [-0.3, -0.25) is 9.89 Å². The Morgan fingerprint density at radius 1 is 1.35 bits per heavy atom. The molecule has 1 aromatic carbocycles. The molecule has 0 aliphatic heterocycles. The van der Waals surface area contributed by atoms with E-state index < -0.39 is 11.9 Å². The Labute approximate surface area is 115 Å². The highest BCUT2D eigenvalue weighted by Crippen LogP contribution is 2.16. The minimum atomic E-state index is -0.523. The number of amides is 1. The number of anilines is 1. The van der Waals surface area contributed by atoms with Crippen molar-refractivity contribution in [1.29, 1.82) is 0 Å². The van der Waals surface area contributed by atoms with Gasteiger partial charge in [-0.25, -0.2) is 9.78 Å². The van der Waals surface area contributed by atoms with E-state index in [2.05, 4.69) is 25.2 Å². The summed E-state index contributed by atoms with van der Waals surface area (Å²) < 4.78 is 4.66. The van der Waals surface area contributed by atoms with Crippen molar-refractivity contribution in [2.75, 3.05) is 12.4 Å². The predicted octanol–water partition coefficient (Wildman–Crippen LogP) is 1.41. The maximum absolute atomic E-state index is 12.0. The van der Waals surface area contributed by atoms with Gasteiger partial charge in [0.2, 0.25) is 5.82 Å². The average molecular weight is 274 g/mol. The summed E-state index contributed by atoms with van der Waals surface area (Å²) >= 11 is 0. The van der Waals surface area contributed by atoms with E-state index in [-0.39, 0.29) is 11.4 Å². The minimum Gasteiger partial charge on any atom is -0.465 e. The number of benzene rings is 1. The van der Waals surface area contributed by atoms with E-state index in [1.165, 1.54) is 7.11 Å². The maximum atomic E-state index is 12.0. The van der Waals surface area contributed by atoms with Crippen molar-refractivity contribution in [3.05, 3.63) is 41.5 Å². The van der Waals surface area contributed by atoms with E-state index in [4.69, 9.17) is 0 Å². The number of rotatable bonds is 4. The highest BCUT2D eigenvalue weighted by Gasteiger charge is 2.16. The zero-order valence-electron chi connectivity index (χ0n) is 11.1. The molecule has 20 heavy (non-hydrogen) atoms. The molecule has 0 bridgehead atoms. The van der Waals surface area contributed by atoms with Crippen molar-refractivity contribution in [2.24, 2.45) is 0 Å². The van der Waals surface area contributed by atoms with E-state index in [9.17, 15) is 9.59 Å². The topological polar surface area (TPSA) is 97.0 Å². The Balaban J connectivity index is 2.21. The number of aromatic amines is 1. The number of aromatic nitrogens is 3. The first-order valence-corrected chi connectivity index (χ1v) is 6.05. The fourth-order valence-electron chi connectivity index (χ4n) is 1.61. The highest BCUT2D eigenvalue weighted by atomic mass is 16.5. The van der Waals surface area contributed by atoms with Gasteiger partial charge in [0.05, 0.1) is 18.4 Å². The first-order chi connectivity index (χ1) is 9.65. The van der Waals surface area contributed by atoms with E-state index >= 15 is 0 Å². The summed E-state index contributed by atoms with van der Waals surface area (Å²) in [7, 11) is 1.28. The smallest absolute Gasteiger partial charge is 0.339 e. The van der Waals surface area contributed by atoms with Gasteiger partial charge in [-0.05, 0) is 12.1 Å². The molecule has 0 saturated heterocycles. The van der Waals surface area contributed by atoms with Crippen LogP contribution in [0.1, 0.15) is 33.7 Å². The van der Waals surface area contributed by atoms with Gasteiger partial charge in [0.15, 0.2) is 0 Å². The molecule has 0 saturated carbocycles. The van der Waals surface area contributed by atoms with Crippen LogP contribution in [0.4, 0.5) is 5.69 Å². The predicted molar refractivity (Wildman–Crippen MR) is 71.5 cm³/mol. The molecule has 2 N–H and O–H groups in total. The number of ether oxygens (including phenoxy) is 1. The first-order valence-electron chi connectivity index (χ1n) is 6.05. The van der Waals surface area contributed by atoms with Crippen LogP contribution in [0.2, 0.25) is 0 Å². The molecule has 0 fully saturated rings. The van der Waals surface area contributed by atoms with Crippen molar-refractivity contribution >= 4 is 17.6 Å². The largest absolute Gasteiger partial charge is 0.465 e. The molecular formula is C13H14N4O3. The van der Waals surface area contributed by atoms with Crippen LogP contribution in [0.25, 0.3) is 0 Å². The lowest BCUT2D eigenvalue weighted by molar-refractivity contribution is 0.0602. The van der Waals surface area contributed by atoms with Gasteiger partial charge in [-0.15, -0.1) is 5.10 Å². The molecule has 2 aromatic rings. The third-order valence-corrected chi connectivity index (χ3v) is 2.65. The van der Waals surface area contributed by atoms with Crippen LogP contribution >= 0.6 is 0 Å². The molecule has 104 valence electrons. The van der Waals surface area contributed by atoms with Gasteiger partial charge in [0.1, 0.15) is 5.82 Å². The number of nitrogens with zero attached hydrogens (tertiary/aromatic N) is 2. The van der Waals surface area contributed by atoms with Gasteiger partial charge >= 0.3 is 5.97 Å². The second-order valence-electron chi connectivity index (χ2n) is 3.95. The Bertz CT molecular complexity index is 636. The van der Waals surface area contributed by atoms with Crippen molar-refractivity contribution in [3.63, 3.8) is 0 Å². The molecule has 2 rings (SSSR count). The molecule has 0 atom stereocenters. The summed E-state index contributed by atoms with van der Waals surface area (Å²) in [6.07, 6.45) is 0.652. The van der Waals surface area contributed by atoms with Gasteiger partial charge in [0, 0.05) is 6.42 Å². The molecule has 0 unspecified atom stereocenters. The summed E-state index contributed by atoms with van der Waals surface area (Å²) in [4.78, 5) is 27.6. The molecule has 1 heterocycles. The lowest BCUT2D eigenvalue weighted by Gasteiger charge is -2.07. The molecular weight excluding hydrogens is 260 g/mol. The van der Waals surface area contributed by atoms with E-state index in [0.717, 1.165) is 0 Å². The SMILES string of the molecule is CCc1nc(C(=O)Nc2ccccc2C(=O)OC)n[nH]1. The maximum Gasteiger partial charge on any atom is 0.339 e. The second kappa shape index (κ2) is 5.96. The Morgan fingerprint density at radius 3 is 2.75 bits per heavy atom. The van der Waals surface area contributed by atoms with E-state index in [1.54, 1.807) is 24.3 Å². The number of carbonyl (C=O) groups excluding carboxylic acids is 2. The number of aryl methyl sites for hydroxylation is 1. The number of hydrogen-bond donors (Lipinski definition) is 2. The number of carbonyl (C=O) groups is 2. The summed E-state index contributed by atoms with van der Waals surface area (Å²) in [6, 6.07) is 6.57. The number of hydrogen-bond acceptors (Lipinski definition) is 5. The van der Waals surface area contributed by atoms with E-state index in [1.807, 2.05) is 6.92 Å². The molecule has 1 amide bonds. The van der Waals surface area contributed by atoms with Crippen LogP contribution in [0.15, 0.2) is 24.3 Å². The summed E-state index contributed by atoms with van der Waals surface area (Å²) in [5, 5.41) is 9.07. The van der Waals surface area contributed by atoms with Crippen LogP contribution in [0, 0.1) is 0 Å². The average Bonchev–Trinajstić information content (AvgIpc) is 2.96. The second-order valence-corrected chi connectivity index (χ2v) is 3.95.